The van der Waals surface area contributed by atoms with E-state index in [1.165, 1.54) is 24.8 Å². The highest BCUT2D eigenvalue weighted by atomic mass is 79.9. The zero-order valence-corrected chi connectivity index (χ0v) is 15.5. The average Bonchev–Trinajstić information content (AvgIpc) is 2.93. The first kappa shape index (κ1) is 14.4. The number of benzene rings is 1. The third kappa shape index (κ3) is 2.08. The molecule has 1 aromatic carbocycles. The van der Waals surface area contributed by atoms with Crippen LogP contribution in [0.15, 0.2) is 16.6 Å². The van der Waals surface area contributed by atoms with Crippen molar-refractivity contribution in [3.05, 3.63) is 22.2 Å². The number of ether oxygens (including phenoxy) is 2. The molecule has 0 amide bonds. The maximum absolute atomic E-state index is 5.60. The van der Waals surface area contributed by atoms with Crippen LogP contribution in [0.3, 0.4) is 0 Å². The Labute approximate surface area is 142 Å². The lowest BCUT2D eigenvalue weighted by Gasteiger charge is -2.19. The normalized spacial score (nSPS) is 37.2. The molecular formula is C17H20Br2O2. The Morgan fingerprint density at radius 2 is 1.67 bits per heavy atom. The predicted molar refractivity (Wildman–Crippen MR) is 90.2 cm³/mol. The molecule has 3 aliphatic rings. The fourth-order valence-electron chi connectivity index (χ4n) is 5.09. The standard InChI is InChI=1S/C17H20Br2O2/c1-20-12-7-11(18)13(21-2)6-10(12)17(19)16-14-8-3-4-9(5-8)15(14)16/h6-9,14-17H,3-5H2,1-2H3. The van der Waals surface area contributed by atoms with Gasteiger partial charge in [-0.05, 0) is 76.9 Å². The molecule has 5 unspecified atom stereocenters. The summed E-state index contributed by atoms with van der Waals surface area (Å²) < 4.78 is 12.0. The van der Waals surface area contributed by atoms with Gasteiger partial charge in [-0.15, -0.1) is 0 Å². The van der Waals surface area contributed by atoms with E-state index < -0.39 is 0 Å². The SMILES string of the molecule is COc1cc(C(Br)C2C3C4CCC(C4)C32)c(OC)cc1Br. The Hall–Kier alpha value is -0.220. The van der Waals surface area contributed by atoms with Crippen molar-refractivity contribution in [1.29, 1.82) is 0 Å². The first-order valence-corrected chi connectivity index (χ1v) is 9.42. The molecule has 3 saturated carbocycles. The summed E-state index contributed by atoms with van der Waals surface area (Å²) in [6.07, 6.45) is 4.41. The van der Waals surface area contributed by atoms with Crippen LogP contribution in [0.25, 0.3) is 0 Å². The van der Waals surface area contributed by atoms with Crippen molar-refractivity contribution in [2.45, 2.75) is 24.1 Å². The molecule has 0 N–H and O–H groups in total. The molecule has 4 rings (SSSR count). The number of fused-ring (bicyclic) bond motifs is 5. The molecule has 3 fully saturated rings. The summed E-state index contributed by atoms with van der Waals surface area (Å²) in [5.74, 6) is 6.50. The van der Waals surface area contributed by atoms with E-state index in [2.05, 4.69) is 37.9 Å². The zero-order valence-electron chi connectivity index (χ0n) is 12.3. The van der Waals surface area contributed by atoms with Gasteiger partial charge >= 0.3 is 0 Å². The summed E-state index contributed by atoms with van der Waals surface area (Å²) in [5.41, 5.74) is 1.23. The number of halogens is 2. The zero-order chi connectivity index (χ0) is 14.7. The van der Waals surface area contributed by atoms with Crippen molar-refractivity contribution in [3.8, 4) is 11.5 Å². The Bertz CT molecular complexity index is 558. The van der Waals surface area contributed by atoms with Crippen LogP contribution in [0.2, 0.25) is 0 Å². The molecule has 4 heteroatoms. The Morgan fingerprint density at radius 1 is 1.05 bits per heavy atom. The van der Waals surface area contributed by atoms with Gasteiger partial charge in [-0.25, -0.2) is 0 Å². The van der Waals surface area contributed by atoms with Gasteiger partial charge in [0, 0.05) is 10.4 Å². The van der Waals surface area contributed by atoms with Gasteiger partial charge < -0.3 is 9.47 Å². The third-order valence-corrected chi connectivity index (χ3v) is 7.66. The van der Waals surface area contributed by atoms with E-state index in [1.54, 1.807) is 14.2 Å². The molecular weight excluding hydrogens is 396 g/mol. The molecule has 0 radical (unpaired) electrons. The topological polar surface area (TPSA) is 18.5 Å². The van der Waals surface area contributed by atoms with Crippen molar-refractivity contribution in [1.82, 2.24) is 0 Å². The second-order valence-electron chi connectivity index (χ2n) is 6.70. The summed E-state index contributed by atoms with van der Waals surface area (Å²) in [7, 11) is 3.46. The fourth-order valence-corrected chi connectivity index (χ4v) is 6.64. The van der Waals surface area contributed by atoms with Gasteiger partial charge in [0.1, 0.15) is 11.5 Å². The average molecular weight is 416 g/mol. The van der Waals surface area contributed by atoms with E-state index in [-0.39, 0.29) is 0 Å². The summed E-state index contributed by atoms with van der Waals surface area (Å²) in [6.45, 7) is 0. The van der Waals surface area contributed by atoms with E-state index in [1.807, 2.05) is 6.07 Å². The van der Waals surface area contributed by atoms with Gasteiger partial charge in [0.05, 0.1) is 18.7 Å². The largest absolute Gasteiger partial charge is 0.496 e. The Kier molecular flexibility index (Phi) is 3.53. The van der Waals surface area contributed by atoms with Gasteiger partial charge in [0.15, 0.2) is 0 Å². The second-order valence-corrected chi connectivity index (χ2v) is 8.54. The van der Waals surface area contributed by atoms with E-state index in [9.17, 15) is 0 Å². The van der Waals surface area contributed by atoms with Crippen molar-refractivity contribution >= 4 is 31.9 Å². The molecule has 0 aliphatic heterocycles. The maximum Gasteiger partial charge on any atom is 0.133 e. The van der Waals surface area contributed by atoms with Gasteiger partial charge in [0.2, 0.25) is 0 Å². The van der Waals surface area contributed by atoms with Crippen LogP contribution in [0.4, 0.5) is 0 Å². The third-order valence-electron chi connectivity index (χ3n) is 5.93. The molecule has 0 aromatic heterocycles. The highest BCUT2D eigenvalue weighted by Crippen LogP contribution is 2.73. The lowest BCUT2D eigenvalue weighted by Crippen LogP contribution is -2.06. The van der Waals surface area contributed by atoms with E-state index in [0.29, 0.717) is 4.83 Å². The smallest absolute Gasteiger partial charge is 0.133 e. The predicted octanol–water partition coefficient (Wildman–Crippen LogP) is 5.19. The van der Waals surface area contributed by atoms with Crippen molar-refractivity contribution in [2.24, 2.45) is 29.6 Å². The van der Waals surface area contributed by atoms with Crippen LogP contribution < -0.4 is 9.47 Å². The quantitative estimate of drug-likeness (QED) is 0.629. The summed E-state index contributed by atoms with van der Waals surface area (Å²) in [5, 5.41) is 0. The molecule has 2 nitrogen and oxygen atoms in total. The van der Waals surface area contributed by atoms with Crippen LogP contribution in [0, 0.1) is 29.6 Å². The van der Waals surface area contributed by atoms with Gasteiger partial charge in [-0.3, -0.25) is 0 Å². The van der Waals surface area contributed by atoms with E-state index in [4.69, 9.17) is 9.47 Å². The summed E-state index contributed by atoms with van der Waals surface area (Å²) in [4.78, 5) is 0.382. The number of hydrogen-bond acceptors (Lipinski definition) is 2. The number of alkyl halides is 1. The summed E-state index contributed by atoms with van der Waals surface area (Å²) >= 11 is 7.52. The minimum atomic E-state index is 0.382. The minimum absolute atomic E-state index is 0.382. The number of rotatable bonds is 4. The monoisotopic (exact) mass is 414 g/mol. The van der Waals surface area contributed by atoms with Crippen LogP contribution in [0.5, 0.6) is 11.5 Å². The molecule has 2 bridgehead atoms. The molecule has 0 spiro atoms. The van der Waals surface area contributed by atoms with Crippen LogP contribution in [-0.4, -0.2) is 14.2 Å². The van der Waals surface area contributed by atoms with Crippen molar-refractivity contribution < 1.29 is 9.47 Å². The summed E-state index contributed by atoms with van der Waals surface area (Å²) in [6, 6.07) is 4.15. The van der Waals surface area contributed by atoms with E-state index in [0.717, 1.165) is 45.6 Å². The minimum Gasteiger partial charge on any atom is -0.496 e. The first-order valence-electron chi connectivity index (χ1n) is 7.71. The van der Waals surface area contributed by atoms with Crippen LogP contribution in [0.1, 0.15) is 29.7 Å². The van der Waals surface area contributed by atoms with E-state index >= 15 is 0 Å². The molecule has 114 valence electrons. The molecule has 0 heterocycles. The second kappa shape index (κ2) is 5.16. The van der Waals surface area contributed by atoms with Gasteiger partial charge in [-0.1, -0.05) is 15.9 Å². The van der Waals surface area contributed by atoms with Crippen molar-refractivity contribution in [2.75, 3.05) is 14.2 Å². The Balaban J connectivity index is 1.64. The number of hydrogen-bond donors (Lipinski definition) is 0. The first-order chi connectivity index (χ1) is 10.2. The highest BCUT2D eigenvalue weighted by molar-refractivity contribution is 9.10. The van der Waals surface area contributed by atoms with Gasteiger partial charge in [-0.2, -0.15) is 0 Å². The Morgan fingerprint density at radius 3 is 2.24 bits per heavy atom. The lowest BCUT2D eigenvalue weighted by molar-refractivity contribution is 0.391. The molecule has 1 aromatic rings. The maximum atomic E-state index is 5.60. The van der Waals surface area contributed by atoms with Crippen molar-refractivity contribution in [3.63, 3.8) is 0 Å². The van der Waals surface area contributed by atoms with Gasteiger partial charge in [0.25, 0.3) is 0 Å². The molecule has 0 saturated heterocycles. The van der Waals surface area contributed by atoms with Crippen LogP contribution in [-0.2, 0) is 0 Å². The molecule has 3 aliphatic carbocycles. The fraction of sp³-hybridized carbons (Fsp3) is 0.647. The molecule has 5 atom stereocenters. The highest BCUT2D eigenvalue weighted by Gasteiger charge is 2.66. The lowest BCUT2D eigenvalue weighted by atomic mass is 9.96. The van der Waals surface area contributed by atoms with Crippen LogP contribution >= 0.6 is 31.9 Å². The molecule has 21 heavy (non-hydrogen) atoms. The number of methoxy groups -OCH3 is 2.